The van der Waals surface area contributed by atoms with E-state index < -0.39 is 0 Å². The molecular formula is C77H78N12O3. The van der Waals surface area contributed by atoms with Gasteiger partial charge in [-0.1, -0.05) is 181 Å². The number of rotatable bonds is 18. The van der Waals surface area contributed by atoms with Crippen molar-refractivity contribution < 1.29 is 0 Å². The van der Waals surface area contributed by atoms with E-state index in [1.54, 1.807) is 67.6 Å². The van der Waals surface area contributed by atoms with Crippen molar-refractivity contribution >= 4 is 79.6 Å². The molecule has 0 spiro atoms. The molecule has 0 bridgehead atoms. The fourth-order valence-electron chi connectivity index (χ4n) is 10.0. The lowest BCUT2D eigenvalue weighted by Gasteiger charge is -2.23. The van der Waals surface area contributed by atoms with E-state index in [9.17, 15) is 14.4 Å². The summed E-state index contributed by atoms with van der Waals surface area (Å²) in [6.07, 6.45) is 21.0. The number of fused-ring (bicyclic) bond motifs is 3. The highest BCUT2D eigenvalue weighted by Crippen LogP contribution is 2.32. The number of aliphatic imine (C=N–C) groups is 1. The molecule has 0 unspecified atom stereocenters. The standard InChI is InChI=1S/C30H30N4O.C23H20N4O.C20H16N4O.2C2H6/c1-3-5-17-26(12-4-2)34-28-18-25(32-20-23-13-8-6-9-14-23)21-31-22-27(28)29(35)19-30(34)33-24-15-10-7-11-16-24;1-2-13-25-20-16-24-15-19-21(28)14-22(26-17-9-5-3-6-10-17)27(23(19)20)18-11-7-4-8-12-18;21-17-13-22-12-16-18(25)11-19(23-14-7-3-1-4-8-14)24(20(16)17)15-9-5-2-6-10-15;2*1-2/h4-17,19,21-22,32-33H,2-3,18,20H2,1H3;2-12,14-16,25-26H,1,13H2;1-13,23H,21H2;2*1-2H3/b17-5-,26-12+;;;;. The first-order chi connectivity index (χ1) is 45.2. The van der Waals surface area contributed by atoms with Gasteiger partial charge >= 0.3 is 0 Å². The van der Waals surface area contributed by atoms with E-state index in [0.717, 1.165) is 63.1 Å². The minimum absolute atomic E-state index is 0.0754. The van der Waals surface area contributed by atoms with Crippen molar-refractivity contribution in [2.45, 2.75) is 54.0 Å². The van der Waals surface area contributed by atoms with Crippen molar-refractivity contribution in [1.82, 2.24) is 29.0 Å². The third-order valence-electron chi connectivity index (χ3n) is 14.0. The van der Waals surface area contributed by atoms with Gasteiger partial charge < -0.3 is 32.3 Å². The number of hydrogen-bond donors (Lipinski definition) is 6. The van der Waals surface area contributed by atoms with Crippen molar-refractivity contribution in [2.75, 3.05) is 33.5 Å². The first kappa shape index (κ1) is 66.1. The number of nitrogens with zero attached hydrogens (tertiary/aromatic N) is 6. The van der Waals surface area contributed by atoms with Crippen molar-refractivity contribution in [3.63, 3.8) is 0 Å². The Morgan fingerprint density at radius 2 is 1.03 bits per heavy atom. The fraction of sp³-hybridized carbons (Fsp3) is 0.117. The summed E-state index contributed by atoms with van der Waals surface area (Å²) in [6, 6.07) is 64.1. The Kier molecular flexibility index (Phi) is 24.5. The highest BCUT2D eigenvalue weighted by molar-refractivity contribution is 5.94. The van der Waals surface area contributed by atoms with Gasteiger partial charge in [0, 0.05) is 108 Å². The van der Waals surface area contributed by atoms with Crippen LogP contribution in [0.2, 0.25) is 0 Å². The lowest BCUT2D eigenvalue weighted by Crippen LogP contribution is -2.23. The minimum Gasteiger partial charge on any atom is -0.396 e. The minimum atomic E-state index is -0.125. The molecule has 6 aromatic carbocycles. The maximum atomic E-state index is 13.2. The Labute approximate surface area is 537 Å². The van der Waals surface area contributed by atoms with Crippen LogP contribution in [0.15, 0.2) is 300 Å². The summed E-state index contributed by atoms with van der Waals surface area (Å²) >= 11 is 0. The lowest BCUT2D eigenvalue weighted by atomic mass is 10.1. The molecule has 0 amide bonds. The van der Waals surface area contributed by atoms with Crippen LogP contribution >= 0.6 is 0 Å². The van der Waals surface area contributed by atoms with E-state index >= 15 is 0 Å². The van der Waals surface area contributed by atoms with Crippen LogP contribution in [-0.2, 0) is 13.0 Å². The van der Waals surface area contributed by atoms with Gasteiger partial charge in [-0.25, -0.2) is 0 Å². The van der Waals surface area contributed by atoms with Gasteiger partial charge in [0.2, 0.25) is 0 Å². The largest absolute Gasteiger partial charge is 0.396 e. The van der Waals surface area contributed by atoms with Crippen LogP contribution in [-0.4, -0.2) is 36.4 Å². The normalized spacial score (nSPS) is 11.3. The quantitative estimate of drug-likeness (QED) is 0.0354. The third-order valence-corrected chi connectivity index (χ3v) is 14.0. The molecule has 15 heteroatoms. The van der Waals surface area contributed by atoms with Crippen LogP contribution in [0.3, 0.4) is 0 Å². The van der Waals surface area contributed by atoms with Gasteiger partial charge in [-0.3, -0.25) is 43.0 Å². The van der Waals surface area contributed by atoms with Crippen LogP contribution < -0.4 is 48.6 Å². The van der Waals surface area contributed by atoms with E-state index in [-0.39, 0.29) is 16.3 Å². The van der Waals surface area contributed by atoms with Gasteiger partial charge in [0.1, 0.15) is 17.5 Å². The van der Waals surface area contributed by atoms with E-state index in [2.05, 4.69) is 90.5 Å². The zero-order valence-corrected chi connectivity index (χ0v) is 52.6. The molecule has 15 nitrogen and oxygen atoms in total. The van der Waals surface area contributed by atoms with Crippen LogP contribution in [0.5, 0.6) is 0 Å². The number of pyridine rings is 5. The molecule has 464 valence electrons. The second-order valence-electron chi connectivity index (χ2n) is 20.2. The molecule has 11 aromatic rings. The summed E-state index contributed by atoms with van der Waals surface area (Å²) in [5, 5.41) is 18.0. The third kappa shape index (κ3) is 16.9. The molecule has 5 aromatic heterocycles. The van der Waals surface area contributed by atoms with E-state index in [4.69, 9.17) is 5.73 Å². The Morgan fingerprint density at radius 1 is 0.565 bits per heavy atom. The average molecular weight is 1220 g/mol. The predicted octanol–water partition coefficient (Wildman–Crippen LogP) is 16.7. The van der Waals surface area contributed by atoms with E-state index in [1.165, 1.54) is 5.56 Å². The summed E-state index contributed by atoms with van der Waals surface area (Å²) in [7, 11) is 0. The zero-order valence-electron chi connectivity index (χ0n) is 52.6. The van der Waals surface area contributed by atoms with Gasteiger partial charge in [0.05, 0.1) is 51.1 Å². The molecule has 1 aliphatic rings. The topological polar surface area (TPSA) is 190 Å². The summed E-state index contributed by atoms with van der Waals surface area (Å²) < 4.78 is 6.07. The number of aromatic nitrogens is 5. The van der Waals surface area contributed by atoms with Crippen molar-refractivity contribution in [3.05, 3.63) is 328 Å². The Hall–Kier alpha value is -11.8. The molecule has 1 aliphatic heterocycles. The second-order valence-corrected chi connectivity index (χ2v) is 20.2. The highest BCUT2D eigenvalue weighted by atomic mass is 16.1. The smallest absolute Gasteiger partial charge is 0.193 e. The number of para-hydroxylation sites is 5. The molecule has 0 saturated carbocycles. The molecule has 0 fully saturated rings. The molecule has 6 heterocycles. The molecule has 0 radical (unpaired) electrons. The number of allylic oxidation sites excluding steroid dienone is 6. The van der Waals surface area contributed by atoms with Gasteiger partial charge in [0.25, 0.3) is 0 Å². The summed E-state index contributed by atoms with van der Waals surface area (Å²) in [6.45, 7) is 19.0. The van der Waals surface area contributed by atoms with Crippen LogP contribution in [0.4, 0.5) is 45.9 Å². The first-order valence-electron chi connectivity index (χ1n) is 30.7. The summed E-state index contributed by atoms with van der Waals surface area (Å²) in [5.41, 5.74) is 17.5. The first-order valence-corrected chi connectivity index (χ1v) is 30.7. The van der Waals surface area contributed by atoms with Crippen LogP contribution in [0.25, 0.3) is 38.9 Å². The number of benzene rings is 6. The lowest BCUT2D eigenvalue weighted by molar-refractivity contribution is 0.764. The van der Waals surface area contributed by atoms with Crippen molar-refractivity contribution in [3.8, 4) is 11.4 Å². The van der Waals surface area contributed by atoms with Gasteiger partial charge in [-0.05, 0) is 84.8 Å². The number of nitrogens with one attached hydrogen (secondary N) is 5. The molecule has 92 heavy (non-hydrogen) atoms. The van der Waals surface area contributed by atoms with Gasteiger partial charge in [-0.2, -0.15) is 0 Å². The molecule has 0 atom stereocenters. The molecule has 0 saturated heterocycles. The highest BCUT2D eigenvalue weighted by Gasteiger charge is 2.21. The number of nitrogen functional groups attached to an aromatic ring is 1. The van der Waals surface area contributed by atoms with Crippen molar-refractivity contribution in [1.29, 1.82) is 0 Å². The SMILES string of the molecule is C=C/C=C(\C=C/CC)n1c(Nc2ccccc2)cc(=O)c2c1CC(NCc1ccccc1)=CN=C2.C=CCNc1cncc2c(=O)cc(Nc3ccccc3)n(-c3ccccc3)c12.CC.CC.Nc1cncc2c(=O)cc(Nc3ccccc3)n(-c3ccccc3)c12. The average Bonchev–Trinajstić information content (AvgIpc) is 1.00. The van der Waals surface area contributed by atoms with Crippen LogP contribution in [0.1, 0.15) is 57.9 Å². The molecule has 12 rings (SSSR count). The molecule has 7 N–H and O–H groups in total. The van der Waals surface area contributed by atoms with Crippen LogP contribution in [0, 0.1) is 0 Å². The Bertz CT molecular complexity index is 4530. The summed E-state index contributed by atoms with van der Waals surface area (Å²) in [5.74, 6) is 2.02. The predicted molar refractivity (Wildman–Crippen MR) is 387 cm³/mol. The molecular weight excluding hydrogens is 1140 g/mol. The number of nitrogens with two attached hydrogens (primary N) is 1. The monoisotopic (exact) mass is 1220 g/mol. The maximum Gasteiger partial charge on any atom is 0.193 e. The van der Waals surface area contributed by atoms with E-state index in [0.29, 0.717) is 64.5 Å². The number of hydrogen-bond acceptors (Lipinski definition) is 12. The van der Waals surface area contributed by atoms with E-state index in [1.807, 2.05) is 213 Å². The van der Waals surface area contributed by atoms with Crippen molar-refractivity contribution in [2.24, 2.45) is 4.99 Å². The summed E-state index contributed by atoms with van der Waals surface area (Å²) in [4.78, 5) is 51.4. The van der Waals surface area contributed by atoms with Gasteiger partial charge in [-0.15, -0.1) is 6.58 Å². The maximum absolute atomic E-state index is 13.2. The fourth-order valence-corrected chi connectivity index (χ4v) is 10.0. The zero-order chi connectivity index (χ0) is 65.0. The second kappa shape index (κ2) is 34.1. The van der Waals surface area contributed by atoms with Gasteiger partial charge in [0.15, 0.2) is 16.3 Å². The Balaban J connectivity index is 0.000000175. The Morgan fingerprint density at radius 3 is 1.54 bits per heavy atom. The molecule has 0 aliphatic carbocycles. The number of anilines is 8.